The molecule has 14 heteroatoms. The molecule has 2 aliphatic rings. The lowest BCUT2D eigenvalue weighted by Crippen LogP contribution is -2.65. The number of ether oxygens (including phenoxy) is 4. The zero-order valence-corrected chi connectivity index (χ0v) is 45.8. The van der Waals surface area contributed by atoms with Crippen molar-refractivity contribution in [1.82, 2.24) is 5.32 Å². The molecule has 2 fully saturated rings. The van der Waals surface area contributed by atoms with Gasteiger partial charge in [0.05, 0.1) is 32.0 Å². The Labute approximate surface area is 447 Å². The largest absolute Gasteiger partial charge is 0.394 e. The van der Waals surface area contributed by atoms with Crippen LogP contribution in [-0.4, -0.2) is 140 Å². The molecule has 12 atom stereocenters. The number of carbonyl (C=O) groups is 1. The third-order valence-electron chi connectivity index (χ3n) is 13.9. The maximum absolute atomic E-state index is 13.0. The van der Waals surface area contributed by atoms with Crippen LogP contribution in [0.15, 0.2) is 72.9 Å². The molecular weight excluding hydrogens is 943 g/mol. The van der Waals surface area contributed by atoms with E-state index in [2.05, 4.69) is 73.0 Å². The van der Waals surface area contributed by atoms with Gasteiger partial charge in [-0.3, -0.25) is 4.79 Å². The van der Waals surface area contributed by atoms with Crippen LogP contribution in [0.5, 0.6) is 0 Å². The second-order valence-electron chi connectivity index (χ2n) is 20.4. The van der Waals surface area contributed by atoms with Crippen molar-refractivity contribution in [3.8, 4) is 0 Å². The summed E-state index contributed by atoms with van der Waals surface area (Å²) in [6.45, 7) is 2.44. The minimum Gasteiger partial charge on any atom is -0.394 e. The van der Waals surface area contributed by atoms with Crippen LogP contribution in [0.25, 0.3) is 0 Å². The van der Waals surface area contributed by atoms with Crippen LogP contribution in [0.2, 0.25) is 0 Å². The Bertz CT molecular complexity index is 1520. The van der Waals surface area contributed by atoms with Crippen molar-refractivity contribution in [2.24, 2.45) is 0 Å². The molecule has 0 aromatic rings. The van der Waals surface area contributed by atoms with Gasteiger partial charge in [0.25, 0.3) is 0 Å². The lowest BCUT2D eigenvalue weighted by atomic mass is 9.97. The molecule has 428 valence electrons. The highest BCUT2D eigenvalue weighted by atomic mass is 16.7. The van der Waals surface area contributed by atoms with Gasteiger partial charge < -0.3 is 65.1 Å². The molecule has 0 saturated carbocycles. The number of nitrogens with one attached hydrogen (secondary N) is 1. The van der Waals surface area contributed by atoms with Gasteiger partial charge in [-0.2, -0.15) is 0 Å². The van der Waals surface area contributed by atoms with Crippen LogP contribution in [0, 0.1) is 0 Å². The van der Waals surface area contributed by atoms with Crippen LogP contribution in [0.4, 0.5) is 0 Å². The lowest BCUT2D eigenvalue weighted by Gasteiger charge is -2.46. The van der Waals surface area contributed by atoms with Gasteiger partial charge in [-0.05, 0) is 57.8 Å². The van der Waals surface area contributed by atoms with Crippen LogP contribution in [0.1, 0.15) is 206 Å². The number of aliphatic hydroxyl groups excluding tert-OH is 8. The van der Waals surface area contributed by atoms with Crippen LogP contribution in [-0.2, 0) is 23.7 Å². The summed E-state index contributed by atoms with van der Waals surface area (Å²) in [5.41, 5.74) is 0. The smallest absolute Gasteiger partial charge is 0.220 e. The summed E-state index contributed by atoms with van der Waals surface area (Å²) in [5.74, 6) is -0.251. The Morgan fingerprint density at radius 1 is 0.500 bits per heavy atom. The number of aliphatic hydroxyl groups is 8. The number of allylic oxidation sites excluding steroid dienone is 11. The van der Waals surface area contributed by atoms with Gasteiger partial charge in [-0.25, -0.2) is 0 Å². The van der Waals surface area contributed by atoms with E-state index in [0.717, 1.165) is 64.2 Å². The van der Waals surface area contributed by atoms with E-state index in [1.165, 1.54) is 116 Å². The molecule has 0 aromatic heterocycles. The minimum atomic E-state index is -1.79. The molecule has 0 bridgehead atoms. The third-order valence-corrected chi connectivity index (χ3v) is 13.9. The predicted octanol–water partition coefficient (Wildman–Crippen LogP) is 9.55. The average molecular weight is 1050 g/mol. The minimum absolute atomic E-state index is 0.251. The molecule has 12 unspecified atom stereocenters. The maximum Gasteiger partial charge on any atom is 0.220 e. The zero-order chi connectivity index (χ0) is 53.9. The Hall–Kier alpha value is -2.57. The highest BCUT2D eigenvalue weighted by molar-refractivity contribution is 5.76. The highest BCUT2D eigenvalue weighted by Gasteiger charge is 2.51. The first kappa shape index (κ1) is 67.5. The molecule has 2 aliphatic heterocycles. The molecule has 0 aromatic carbocycles. The molecule has 2 saturated heterocycles. The van der Waals surface area contributed by atoms with Gasteiger partial charge in [0, 0.05) is 6.42 Å². The Kier molecular flexibility index (Phi) is 41.5. The van der Waals surface area contributed by atoms with Crippen molar-refractivity contribution in [3.63, 3.8) is 0 Å². The molecule has 1 amide bonds. The maximum atomic E-state index is 13.0. The predicted molar refractivity (Wildman–Crippen MR) is 295 cm³/mol. The Morgan fingerprint density at radius 3 is 1.41 bits per heavy atom. The summed E-state index contributed by atoms with van der Waals surface area (Å²) in [4.78, 5) is 13.0. The number of amides is 1. The first-order valence-electron chi connectivity index (χ1n) is 29.2. The van der Waals surface area contributed by atoms with E-state index in [0.29, 0.717) is 6.42 Å². The standard InChI is InChI=1S/C60H105NO13/c1-3-5-7-8-9-10-11-12-13-14-15-16-17-18-19-20-21-22-23-24-25-26-27-28-29-30-31-32-33-34-35-36-37-38-39-40-42-44-52(65)61-48(49(64)43-41-6-4-2)47-71-59-57(70)55(68)58(51(46-63)73-59)74-60-56(69)54(67)53(66)50(45-62)72-60/h5,7,9-10,12-13,15-16,18-19,41,43,48-51,53-60,62-64,66-70H,3-4,6,8,11,14,17,20-40,42,44-47H2,1-2H3,(H,61,65)/b7-5-,10-9-,13-12-,16-15-,19-18-,43-41+. The first-order chi connectivity index (χ1) is 36.1. The second-order valence-corrected chi connectivity index (χ2v) is 20.4. The van der Waals surface area contributed by atoms with Crippen molar-refractivity contribution in [2.75, 3.05) is 19.8 Å². The summed E-state index contributed by atoms with van der Waals surface area (Å²) in [7, 11) is 0. The SMILES string of the molecule is CC/C=C\C/C=C\C/C=C\C/C=C\C/C=C\CCCCCCCCCCCCCCCCCCCCCCCC(=O)NC(COC1OC(CO)C(OC2OC(CO)C(O)C(O)C2O)C(O)C1O)C(O)/C=C/CCC. The normalized spacial score (nSPS) is 25.8. The van der Waals surface area contributed by atoms with Gasteiger partial charge in [0.15, 0.2) is 12.6 Å². The molecule has 2 rings (SSSR count). The fourth-order valence-electron chi connectivity index (χ4n) is 9.21. The van der Waals surface area contributed by atoms with Crippen LogP contribution < -0.4 is 5.32 Å². The van der Waals surface area contributed by atoms with E-state index >= 15 is 0 Å². The van der Waals surface area contributed by atoms with Crippen molar-refractivity contribution >= 4 is 5.91 Å². The van der Waals surface area contributed by atoms with E-state index in [1.54, 1.807) is 6.08 Å². The van der Waals surface area contributed by atoms with E-state index in [1.807, 2.05) is 13.0 Å². The zero-order valence-electron chi connectivity index (χ0n) is 45.8. The van der Waals surface area contributed by atoms with E-state index < -0.39 is 86.8 Å². The second kappa shape index (κ2) is 45.4. The molecular formula is C60H105NO13. The fraction of sp³-hybridized carbons (Fsp3) is 0.783. The Balaban J connectivity index is 1.46. The van der Waals surface area contributed by atoms with Crippen LogP contribution in [0.3, 0.4) is 0 Å². The van der Waals surface area contributed by atoms with E-state index in [-0.39, 0.29) is 18.9 Å². The van der Waals surface area contributed by atoms with Gasteiger partial charge >= 0.3 is 0 Å². The summed E-state index contributed by atoms with van der Waals surface area (Å²) in [6, 6.07) is -0.910. The topological polar surface area (TPSA) is 228 Å². The summed E-state index contributed by atoms with van der Waals surface area (Å²) in [5, 5.41) is 86.0. The van der Waals surface area contributed by atoms with Gasteiger partial charge in [-0.15, -0.1) is 0 Å². The molecule has 0 spiro atoms. The third kappa shape index (κ3) is 31.0. The van der Waals surface area contributed by atoms with Crippen molar-refractivity contribution in [2.45, 2.75) is 280 Å². The monoisotopic (exact) mass is 1050 g/mol. The van der Waals surface area contributed by atoms with Crippen LogP contribution >= 0.6 is 0 Å². The number of rotatable bonds is 45. The number of carbonyl (C=O) groups excluding carboxylic acids is 1. The van der Waals surface area contributed by atoms with Gasteiger partial charge in [-0.1, -0.05) is 215 Å². The average Bonchev–Trinajstić information content (AvgIpc) is 3.40. The fourth-order valence-corrected chi connectivity index (χ4v) is 9.21. The van der Waals surface area contributed by atoms with Crippen molar-refractivity contribution in [1.29, 1.82) is 0 Å². The molecule has 14 nitrogen and oxygen atoms in total. The van der Waals surface area contributed by atoms with Crippen molar-refractivity contribution in [3.05, 3.63) is 72.9 Å². The first-order valence-corrected chi connectivity index (χ1v) is 29.2. The molecule has 74 heavy (non-hydrogen) atoms. The van der Waals surface area contributed by atoms with E-state index in [9.17, 15) is 45.6 Å². The quantitative estimate of drug-likeness (QED) is 0.0205. The summed E-state index contributed by atoms with van der Waals surface area (Å²) >= 11 is 0. The molecule has 2 heterocycles. The summed E-state index contributed by atoms with van der Waals surface area (Å²) < 4.78 is 22.5. The molecule has 9 N–H and O–H groups in total. The van der Waals surface area contributed by atoms with Gasteiger partial charge in [0.1, 0.15) is 48.8 Å². The molecule has 0 aliphatic carbocycles. The Morgan fingerprint density at radius 2 is 0.932 bits per heavy atom. The van der Waals surface area contributed by atoms with E-state index in [4.69, 9.17) is 18.9 Å². The highest BCUT2D eigenvalue weighted by Crippen LogP contribution is 2.30. The van der Waals surface area contributed by atoms with Gasteiger partial charge in [0.2, 0.25) is 5.91 Å². The number of unbranched alkanes of at least 4 members (excludes halogenated alkanes) is 22. The number of hydrogen-bond donors (Lipinski definition) is 9. The number of hydrogen-bond acceptors (Lipinski definition) is 13. The van der Waals surface area contributed by atoms with Crippen molar-refractivity contribution < 1.29 is 64.6 Å². The summed E-state index contributed by atoms with van der Waals surface area (Å²) in [6.07, 6.45) is 43.9. The lowest BCUT2D eigenvalue weighted by molar-refractivity contribution is -0.359. The molecule has 0 radical (unpaired) electrons.